The van der Waals surface area contributed by atoms with E-state index in [9.17, 15) is 0 Å². The monoisotopic (exact) mass is 108 g/mol. The maximum Gasteiger partial charge on any atom is 0.0733 e. The molecule has 0 aromatic rings. The highest BCUT2D eigenvalue weighted by molar-refractivity contribution is 5.78. The average molecular weight is 108 g/mol. The molecule has 0 amide bonds. The second kappa shape index (κ2) is 3.99. The van der Waals surface area contributed by atoms with Gasteiger partial charge in [-0.2, -0.15) is 0 Å². The molecule has 42 valence electrons. The van der Waals surface area contributed by atoms with E-state index in [1.807, 2.05) is 0 Å². The first-order chi connectivity index (χ1) is 3.81. The Morgan fingerprint density at radius 1 is 1.50 bits per heavy atom. The molecular weight excluding hydrogens is 100 g/mol. The minimum Gasteiger partial charge on any atom is -0.264 e. The number of hydrogen-bond donors (Lipinski definition) is 0. The standard InChI is InChI=1S/C6H8N2/c1-4-8-5-6(2)7-3/h4-5H,1-3H2. The second-order valence-electron chi connectivity index (χ2n) is 1.11. The van der Waals surface area contributed by atoms with Crippen molar-refractivity contribution in [3.8, 4) is 0 Å². The zero-order chi connectivity index (χ0) is 6.41. The fourth-order valence-electron chi connectivity index (χ4n) is 0.180. The molecule has 0 aromatic carbocycles. The maximum atomic E-state index is 3.65. The Balaban J connectivity index is 3.69. The minimum absolute atomic E-state index is 0.546. The van der Waals surface area contributed by atoms with Gasteiger partial charge in [0.25, 0.3) is 0 Å². The summed E-state index contributed by atoms with van der Waals surface area (Å²) in [6.45, 7) is 10.1. The SMILES string of the molecule is C=CN=CC(=C)N=C. The molecule has 0 unspecified atom stereocenters. The van der Waals surface area contributed by atoms with E-state index in [4.69, 9.17) is 0 Å². The molecule has 0 atom stereocenters. The zero-order valence-electron chi connectivity index (χ0n) is 4.67. The highest BCUT2D eigenvalue weighted by Crippen LogP contribution is 1.82. The molecule has 0 rings (SSSR count). The van der Waals surface area contributed by atoms with E-state index in [1.54, 1.807) is 0 Å². The van der Waals surface area contributed by atoms with Crippen LogP contribution in [-0.4, -0.2) is 12.9 Å². The predicted octanol–water partition coefficient (Wildman–Crippen LogP) is 1.42. The van der Waals surface area contributed by atoms with Gasteiger partial charge in [-0.15, -0.1) is 0 Å². The largest absolute Gasteiger partial charge is 0.264 e. The van der Waals surface area contributed by atoms with Crippen LogP contribution in [0.3, 0.4) is 0 Å². The van der Waals surface area contributed by atoms with Crippen LogP contribution < -0.4 is 0 Å². The van der Waals surface area contributed by atoms with Gasteiger partial charge >= 0.3 is 0 Å². The first-order valence-corrected chi connectivity index (χ1v) is 2.11. The first kappa shape index (κ1) is 6.82. The van der Waals surface area contributed by atoms with Crippen molar-refractivity contribution in [2.45, 2.75) is 0 Å². The average Bonchev–Trinajstić information content (AvgIpc) is 1.83. The summed E-state index contributed by atoms with van der Waals surface area (Å²) in [7, 11) is 0. The Morgan fingerprint density at radius 3 is 2.50 bits per heavy atom. The highest BCUT2D eigenvalue weighted by Gasteiger charge is 1.73. The zero-order valence-corrected chi connectivity index (χ0v) is 4.67. The molecule has 0 heterocycles. The van der Waals surface area contributed by atoms with Gasteiger partial charge in [-0.25, -0.2) is 0 Å². The van der Waals surface area contributed by atoms with E-state index in [0.29, 0.717) is 5.70 Å². The van der Waals surface area contributed by atoms with E-state index in [-0.39, 0.29) is 0 Å². The molecule has 0 spiro atoms. The second-order valence-corrected chi connectivity index (χ2v) is 1.11. The van der Waals surface area contributed by atoms with Crippen molar-refractivity contribution >= 4 is 12.9 Å². The lowest BCUT2D eigenvalue weighted by Gasteiger charge is -1.80. The maximum absolute atomic E-state index is 3.65. The van der Waals surface area contributed by atoms with Crippen LogP contribution in [0.4, 0.5) is 0 Å². The third-order valence-electron chi connectivity index (χ3n) is 0.532. The Labute approximate surface area is 49.0 Å². The van der Waals surface area contributed by atoms with Gasteiger partial charge in [-0.05, 0) is 6.72 Å². The Kier molecular flexibility index (Phi) is 3.40. The van der Waals surface area contributed by atoms with Crippen molar-refractivity contribution in [2.24, 2.45) is 9.98 Å². The van der Waals surface area contributed by atoms with E-state index >= 15 is 0 Å². The van der Waals surface area contributed by atoms with E-state index in [1.165, 1.54) is 12.4 Å². The summed E-state index contributed by atoms with van der Waals surface area (Å²) in [6, 6.07) is 0. The lowest BCUT2D eigenvalue weighted by molar-refractivity contribution is 1.51. The first-order valence-electron chi connectivity index (χ1n) is 2.11. The van der Waals surface area contributed by atoms with Crippen LogP contribution in [0.1, 0.15) is 0 Å². The van der Waals surface area contributed by atoms with Crippen LogP contribution in [0.15, 0.2) is 35.0 Å². The van der Waals surface area contributed by atoms with Crippen LogP contribution >= 0.6 is 0 Å². The topological polar surface area (TPSA) is 24.7 Å². The summed E-state index contributed by atoms with van der Waals surface area (Å²) in [4.78, 5) is 7.13. The molecule has 2 heteroatoms. The molecule has 0 aliphatic carbocycles. The minimum atomic E-state index is 0.546. The van der Waals surface area contributed by atoms with Crippen LogP contribution in [0.2, 0.25) is 0 Å². The molecule has 0 aliphatic heterocycles. The molecule has 0 aromatic heterocycles. The summed E-state index contributed by atoms with van der Waals surface area (Å²) in [5, 5.41) is 0. The molecule has 8 heavy (non-hydrogen) atoms. The van der Waals surface area contributed by atoms with Crippen molar-refractivity contribution in [3.63, 3.8) is 0 Å². The van der Waals surface area contributed by atoms with Gasteiger partial charge in [0.1, 0.15) is 0 Å². The third kappa shape index (κ3) is 3.03. The number of hydrogen-bond acceptors (Lipinski definition) is 2. The molecule has 0 radical (unpaired) electrons. The summed E-state index contributed by atoms with van der Waals surface area (Å²) in [5.74, 6) is 0. The van der Waals surface area contributed by atoms with Crippen molar-refractivity contribution < 1.29 is 0 Å². The van der Waals surface area contributed by atoms with Gasteiger partial charge in [-0.1, -0.05) is 13.2 Å². The van der Waals surface area contributed by atoms with Crippen LogP contribution in [0.5, 0.6) is 0 Å². The molecule has 2 nitrogen and oxygen atoms in total. The van der Waals surface area contributed by atoms with Crippen molar-refractivity contribution in [1.82, 2.24) is 0 Å². The summed E-state index contributed by atoms with van der Waals surface area (Å²) >= 11 is 0. The van der Waals surface area contributed by atoms with E-state index in [0.717, 1.165) is 0 Å². The number of rotatable bonds is 3. The normalized spacial score (nSPS) is 9.00. The number of allylic oxidation sites excluding steroid dienone is 1. The van der Waals surface area contributed by atoms with Crippen LogP contribution in [0, 0.1) is 0 Å². The van der Waals surface area contributed by atoms with Crippen LogP contribution in [0.25, 0.3) is 0 Å². The fourth-order valence-corrected chi connectivity index (χ4v) is 0.180. The summed E-state index contributed by atoms with van der Waals surface area (Å²) in [5.41, 5.74) is 0.546. The summed E-state index contributed by atoms with van der Waals surface area (Å²) < 4.78 is 0. The van der Waals surface area contributed by atoms with Gasteiger partial charge in [0.2, 0.25) is 0 Å². The van der Waals surface area contributed by atoms with Gasteiger partial charge in [0.05, 0.1) is 11.9 Å². The smallest absolute Gasteiger partial charge is 0.0733 e. The van der Waals surface area contributed by atoms with Crippen molar-refractivity contribution in [2.75, 3.05) is 0 Å². The molecule has 0 saturated carbocycles. The molecule has 0 bridgehead atoms. The van der Waals surface area contributed by atoms with Crippen molar-refractivity contribution in [1.29, 1.82) is 0 Å². The molecule has 0 saturated heterocycles. The molecule has 0 fully saturated rings. The van der Waals surface area contributed by atoms with Crippen molar-refractivity contribution in [3.05, 3.63) is 25.1 Å². The third-order valence-corrected chi connectivity index (χ3v) is 0.532. The molecule has 0 N–H and O–H groups in total. The molecule has 0 aliphatic rings. The Morgan fingerprint density at radius 2 is 2.12 bits per heavy atom. The van der Waals surface area contributed by atoms with Gasteiger partial charge in [0, 0.05) is 6.20 Å². The van der Waals surface area contributed by atoms with E-state index in [2.05, 4.69) is 29.9 Å². The van der Waals surface area contributed by atoms with Gasteiger partial charge < -0.3 is 0 Å². The highest BCUT2D eigenvalue weighted by atomic mass is 14.8. The number of aliphatic imine (C=N–C) groups is 2. The summed E-state index contributed by atoms with van der Waals surface area (Å²) in [6.07, 6.45) is 2.90. The Hall–Kier alpha value is -1.18. The quantitative estimate of drug-likeness (QED) is 0.488. The lowest BCUT2D eigenvalue weighted by atomic mass is 10.6. The van der Waals surface area contributed by atoms with E-state index < -0.39 is 0 Å². The van der Waals surface area contributed by atoms with Gasteiger partial charge in [-0.3, -0.25) is 9.98 Å². The van der Waals surface area contributed by atoms with Gasteiger partial charge in [0.15, 0.2) is 0 Å². The fraction of sp³-hybridized carbons (Fsp3) is 0. The van der Waals surface area contributed by atoms with Crippen LogP contribution in [-0.2, 0) is 0 Å². The molecular formula is C6H8N2. The lowest BCUT2D eigenvalue weighted by Crippen LogP contribution is -1.71. The number of nitrogens with zero attached hydrogens (tertiary/aromatic N) is 2. The predicted molar refractivity (Wildman–Crippen MR) is 37.4 cm³/mol. The Bertz CT molecular complexity index is 133.